The van der Waals surface area contributed by atoms with Crippen molar-refractivity contribution in [2.45, 2.75) is 51.2 Å². The van der Waals surface area contributed by atoms with Gasteiger partial charge in [0.1, 0.15) is 0 Å². The molecule has 3 rings (SSSR count). The van der Waals surface area contributed by atoms with Gasteiger partial charge in [0.05, 0.1) is 12.2 Å². The lowest BCUT2D eigenvalue weighted by molar-refractivity contribution is -0.0181. The molecule has 90 valence electrons. The first-order valence-corrected chi connectivity index (χ1v) is 6.73. The van der Waals surface area contributed by atoms with Gasteiger partial charge in [-0.05, 0) is 43.7 Å². The predicted octanol–water partition coefficient (Wildman–Crippen LogP) is 4.41. The van der Waals surface area contributed by atoms with E-state index in [1.807, 2.05) is 0 Å². The molecule has 0 amide bonds. The molecule has 0 N–H and O–H groups in total. The Hall–Kier alpha value is -1.08. The fourth-order valence-corrected chi connectivity index (χ4v) is 3.14. The first-order chi connectivity index (χ1) is 8.34. The minimum atomic E-state index is 0.281. The van der Waals surface area contributed by atoms with Gasteiger partial charge >= 0.3 is 0 Å². The maximum absolute atomic E-state index is 6.29. The summed E-state index contributed by atoms with van der Waals surface area (Å²) in [5.74, 6) is 0. The smallest absolute Gasteiger partial charge is 0.0870 e. The highest BCUT2D eigenvalue weighted by atomic mass is 16.5. The Bertz CT molecular complexity index is 418. The second-order valence-electron chi connectivity index (χ2n) is 5.28. The van der Waals surface area contributed by atoms with Crippen LogP contribution in [0, 0.1) is 0 Å². The molecular formula is C16H20O. The Balaban J connectivity index is 1.85. The van der Waals surface area contributed by atoms with Gasteiger partial charge in [-0.3, -0.25) is 0 Å². The average molecular weight is 228 g/mol. The summed E-state index contributed by atoms with van der Waals surface area (Å²) < 4.78 is 6.29. The summed E-state index contributed by atoms with van der Waals surface area (Å²) in [5, 5.41) is 0. The van der Waals surface area contributed by atoms with E-state index >= 15 is 0 Å². The number of fused-ring (bicyclic) bond motifs is 1. The van der Waals surface area contributed by atoms with Gasteiger partial charge in [0, 0.05) is 0 Å². The largest absolute Gasteiger partial charge is 0.366 e. The van der Waals surface area contributed by atoms with E-state index < -0.39 is 0 Å². The Labute approximate surface area is 103 Å². The van der Waals surface area contributed by atoms with Crippen LogP contribution in [-0.2, 0) is 4.74 Å². The molecule has 1 heterocycles. The maximum atomic E-state index is 6.29. The number of benzene rings is 1. The zero-order valence-electron chi connectivity index (χ0n) is 10.5. The van der Waals surface area contributed by atoms with Crippen LogP contribution in [0.3, 0.4) is 0 Å². The summed E-state index contributed by atoms with van der Waals surface area (Å²) in [5.41, 5.74) is 4.51. The average Bonchev–Trinajstić information content (AvgIpc) is 2.40. The standard InChI is InChI=1S/C16H20O/c1-12-11-16(13-7-3-2-4-8-13)17-15-10-6-5-9-14(12)15/h2-4,7-8,15-16H,5-6,9-11H2,1H3/t15-,16-/m1/s1. The van der Waals surface area contributed by atoms with Crippen molar-refractivity contribution in [3.63, 3.8) is 0 Å². The molecule has 0 aromatic heterocycles. The first-order valence-electron chi connectivity index (χ1n) is 6.73. The van der Waals surface area contributed by atoms with Gasteiger partial charge in [0.2, 0.25) is 0 Å². The third-order valence-corrected chi connectivity index (χ3v) is 4.09. The molecule has 2 aliphatic rings. The molecule has 1 heteroatoms. The highest BCUT2D eigenvalue weighted by molar-refractivity contribution is 5.27. The minimum Gasteiger partial charge on any atom is -0.366 e. The van der Waals surface area contributed by atoms with Crippen LogP contribution in [0.4, 0.5) is 0 Å². The van der Waals surface area contributed by atoms with Gasteiger partial charge < -0.3 is 4.74 Å². The Kier molecular flexibility index (Phi) is 3.02. The fourth-order valence-electron chi connectivity index (χ4n) is 3.14. The van der Waals surface area contributed by atoms with Crippen molar-refractivity contribution in [2.75, 3.05) is 0 Å². The zero-order valence-corrected chi connectivity index (χ0v) is 10.5. The molecule has 1 aromatic rings. The molecule has 1 fully saturated rings. The predicted molar refractivity (Wildman–Crippen MR) is 69.8 cm³/mol. The third-order valence-electron chi connectivity index (χ3n) is 4.09. The van der Waals surface area contributed by atoms with Crippen LogP contribution in [0.25, 0.3) is 0 Å². The number of ether oxygens (including phenoxy) is 1. The second-order valence-corrected chi connectivity index (χ2v) is 5.28. The van der Waals surface area contributed by atoms with Crippen molar-refractivity contribution in [3.05, 3.63) is 47.0 Å². The van der Waals surface area contributed by atoms with Gasteiger partial charge in [0.25, 0.3) is 0 Å². The molecule has 1 nitrogen and oxygen atoms in total. The molecule has 0 bridgehead atoms. The summed E-state index contributed by atoms with van der Waals surface area (Å²) >= 11 is 0. The van der Waals surface area contributed by atoms with Crippen LogP contribution in [0.1, 0.15) is 50.7 Å². The molecule has 17 heavy (non-hydrogen) atoms. The van der Waals surface area contributed by atoms with Crippen LogP contribution in [0.5, 0.6) is 0 Å². The van der Waals surface area contributed by atoms with E-state index in [1.165, 1.54) is 31.2 Å². The van der Waals surface area contributed by atoms with Crippen molar-refractivity contribution in [1.29, 1.82) is 0 Å². The first kappa shape index (κ1) is 11.0. The minimum absolute atomic E-state index is 0.281. The lowest BCUT2D eigenvalue weighted by atomic mass is 9.84. The van der Waals surface area contributed by atoms with Gasteiger partial charge in [-0.15, -0.1) is 0 Å². The van der Waals surface area contributed by atoms with Gasteiger partial charge in [-0.25, -0.2) is 0 Å². The molecule has 1 aliphatic heterocycles. The molecule has 1 saturated carbocycles. The fraction of sp³-hybridized carbons (Fsp3) is 0.500. The zero-order chi connectivity index (χ0) is 11.7. The van der Waals surface area contributed by atoms with E-state index in [1.54, 1.807) is 11.1 Å². The van der Waals surface area contributed by atoms with E-state index in [0.717, 1.165) is 6.42 Å². The van der Waals surface area contributed by atoms with E-state index in [0.29, 0.717) is 6.10 Å². The quantitative estimate of drug-likeness (QED) is 0.647. The molecule has 0 saturated heterocycles. The summed E-state index contributed by atoms with van der Waals surface area (Å²) in [7, 11) is 0. The van der Waals surface area contributed by atoms with Crippen molar-refractivity contribution >= 4 is 0 Å². The maximum Gasteiger partial charge on any atom is 0.0870 e. The van der Waals surface area contributed by atoms with Crippen molar-refractivity contribution in [1.82, 2.24) is 0 Å². The van der Waals surface area contributed by atoms with E-state index in [9.17, 15) is 0 Å². The van der Waals surface area contributed by atoms with Crippen LogP contribution >= 0.6 is 0 Å². The lowest BCUT2D eigenvalue weighted by Gasteiger charge is -2.36. The molecular weight excluding hydrogens is 208 g/mol. The van der Waals surface area contributed by atoms with Crippen LogP contribution < -0.4 is 0 Å². The molecule has 0 spiro atoms. The van der Waals surface area contributed by atoms with Crippen LogP contribution in [0.15, 0.2) is 41.5 Å². The summed E-state index contributed by atoms with van der Waals surface area (Å²) in [6, 6.07) is 10.7. The van der Waals surface area contributed by atoms with Crippen LogP contribution in [0.2, 0.25) is 0 Å². The van der Waals surface area contributed by atoms with Crippen LogP contribution in [-0.4, -0.2) is 6.10 Å². The second kappa shape index (κ2) is 4.66. The monoisotopic (exact) mass is 228 g/mol. The highest BCUT2D eigenvalue weighted by Gasteiger charge is 2.30. The summed E-state index contributed by atoms with van der Waals surface area (Å²) in [4.78, 5) is 0. The topological polar surface area (TPSA) is 9.23 Å². The van der Waals surface area contributed by atoms with Gasteiger partial charge in [0.15, 0.2) is 0 Å². The molecule has 1 aliphatic carbocycles. The number of hydrogen-bond acceptors (Lipinski definition) is 1. The third kappa shape index (κ3) is 2.16. The highest BCUT2D eigenvalue weighted by Crippen LogP contribution is 2.40. The Morgan fingerprint density at radius 1 is 1.06 bits per heavy atom. The van der Waals surface area contributed by atoms with E-state index in [2.05, 4.69) is 37.3 Å². The summed E-state index contributed by atoms with van der Waals surface area (Å²) in [6.45, 7) is 2.30. The Morgan fingerprint density at radius 2 is 1.88 bits per heavy atom. The van der Waals surface area contributed by atoms with Crippen molar-refractivity contribution in [3.8, 4) is 0 Å². The molecule has 0 unspecified atom stereocenters. The van der Waals surface area contributed by atoms with Crippen molar-refractivity contribution in [2.24, 2.45) is 0 Å². The van der Waals surface area contributed by atoms with Gasteiger partial charge in [-0.2, -0.15) is 0 Å². The number of hydrogen-bond donors (Lipinski definition) is 0. The number of rotatable bonds is 1. The Morgan fingerprint density at radius 3 is 2.71 bits per heavy atom. The van der Waals surface area contributed by atoms with Crippen molar-refractivity contribution < 1.29 is 4.74 Å². The van der Waals surface area contributed by atoms with E-state index in [-0.39, 0.29) is 6.10 Å². The SMILES string of the molecule is CC1=C2CCCC[C@H]2O[C@@H](c2ccccc2)C1. The van der Waals surface area contributed by atoms with E-state index in [4.69, 9.17) is 4.74 Å². The normalized spacial score (nSPS) is 29.0. The van der Waals surface area contributed by atoms with Gasteiger partial charge in [-0.1, -0.05) is 42.3 Å². The summed E-state index contributed by atoms with van der Waals surface area (Å²) in [6.07, 6.45) is 6.92. The lowest BCUT2D eigenvalue weighted by Crippen LogP contribution is -2.28. The molecule has 1 aromatic carbocycles. The molecule has 2 atom stereocenters. The molecule has 0 radical (unpaired) electrons.